The summed E-state index contributed by atoms with van der Waals surface area (Å²) in [5.74, 6) is 0. The fourth-order valence-electron chi connectivity index (χ4n) is 1.93. The molecule has 1 fully saturated rings. The lowest BCUT2D eigenvalue weighted by molar-refractivity contribution is -0.155. The summed E-state index contributed by atoms with van der Waals surface area (Å²) < 4.78 is 26.2. The van der Waals surface area contributed by atoms with Gasteiger partial charge in [-0.05, 0) is 25.3 Å². The van der Waals surface area contributed by atoms with Crippen LogP contribution in [-0.2, 0) is 23.7 Å². The molecule has 1 unspecified atom stereocenters. The van der Waals surface area contributed by atoms with Crippen molar-refractivity contribution in [1.82, 2.24) is 5.32 Å². The van der Waals surface area contributed by atoms with Crippen LogP contribution in [0.5, 0.6) is 0 Å². The molecule has 0 aromatic heterocycles. The molecule has 0 aromatic carbocycles. The second-order valence-electron chi connectivity index (χ2n) is 5.07. The van der Waals surface area contributed by atoms with E-state index in [0.29, 0.717) is 39.6 Å². The Bertz CT molecular complexity index is 334. The predicted molar refractivity (Wildman–Crippen MR) is 98.1 cm³/mol. The highest BCUT2D eigenvalue weighted by atomic mass is 16.7. The molecular formula is C18H35NO7. The fourth-order valence-corrected chi connectivity index (χ4v) is 1.93. The molecule has 26 heavy (non-hydrogen) atoms. The molecule has 1 aliphatic rings. The second kappa shape index (κ2) is 20.1. The lowest BCUT2D eigenvalue weighted by Crippen LogP contribution is -2.28. The van der Waals surface area contributed by atoms with Crippen molar-refractivity contribution in [2.24, 2.45) is 0 Å². The number of rotatable bonds is 13. The first-order valence-corrected chi connectivity index (χ1v) is 9.38. The minimum Gasteiger partial charge on any atom is -0.445 e. The zero-order valence-electron chi connectivity index (χ0n) is 16.1. The molecular weight excluding hydrogens is 342 g/mol. The van der Waals surface area contributed by atoms with Crippen molar-refractivity contribution in [3.63, 3.8) is 0 Å². The molecule has 1 saturated heterocycles. The molecule has 1 aliphatic heterocycles. The third-order valence-electron chi connectivity index (χ3n) is 3.12. The van der Waals surface area contributed by atoms with Gasteiger partial charge in [0.15, 0.2) is 6.29 Å². The first-order valence-electron chi connectivity index (χ1n) is 9.38. The van der Waals surface area contributed by atoms with E-state index in [1.165, 1.54) is 0 Å². The van der Waals surface area contributed by atoms with Crippen LogP contribution in [0.15, 0.2) is 12.2 Å². The molecule has 0 aromatic rings. The number of amides is 1. The Morgan fingerprint density at radius 1 is 1.12 bits per heavy atom. The molecule has 0 bridgehead atoms. The molecule has 8 nitrogen and oxygen atoms in total. The first kappa shape index (κ1) is 24.8. The molecule has 0 saturated carbocycles. The van der Waals surface area contributed by atoms with Crippen LogP contribution in [0.4, 0.5) is 4.79 Å². The highest BCUT2D eigenvalue weighted by Crippen LogP contribution is 2.13. The van der Waals surface area contributed by atoms with Crippen LogP contribution in [-0.4, -0.2) is 76.9 Å². The quantitative estimate of drug-likeness (QED) is 0.374. The molecule has 2 N–H and O–H groups in total. The van der Waals surface area contributed by atoms with Crippen LogP contribution in [0.3, 0.4) is 0 Å². The van der Waals surface area contributed by atoms with E-state index < -0.39 is 6.09 Å². The molecule has 0 aliphatic carbocycles. The number of alkyl carbamates (subject to hydrolysis) is 1. The number of nitrogens with one attached hydrogen (secondary N) is 1. The van der Waals surface area contributed by atoms with Crippen molar-refractivity contribution in [2.45, 2.75) is 39.4 Å². The SMILES string of the molecule is CC.O=C(NCCOCCOCCO)OC/C=C/COC1CCCCO1. The number of hydrogen-bond donors (Lipinski definition) is 2. The molecule has 1 heterocycles. The fraction of sp³-hybridized carbons (Fsp3) is 0.833. The lowest BCUT2D eigenvalue weighted by Gasteiger charge is -2.21. The average Bonchev–Trinajstić information content (AvgIpc) is 2.69. The van der Waals surface area contributed by atoms with Gasteiger partial charge >= 0.3 is 6.09 Å². The lowest BCUT2D eigenvalue weighted by atomic mass is 10.2. The van der Waals surface area contributed by atoms with Gasteiger partial charge in [-0.25, -0.2) is 4.79 Å². The molecule has 0 spiro atoms. The zero-order valence-corrected chi connectivity index (χ0v) is 16.1. The van der Waals surface area contributed by atoms with E-state index in [0.717, 1.165) is 25.9 Å². The highest BCUT2D eigenvalue weighted by molar-refractivity contribution is 5.67. The maximum Gasteiger partial charge on any atom is 0.407 e. The van der Waals surface area contributed by atoms with Crippen LogP contribution < -0.4 is 5.32 Å². The monoisotopic (exact) mass is 377 g/mol. The van der Waals surface area contributed by atoms with Gasteiger partial charge in [-0.15, -0.1) is 0 Å². The number of ether oxygens (including phenoxy) is 5. The summed E-state index contributed by atoms with van der Waals surface area (Å²) in [5.41, 5.74) is 0. The van der Waals surface area contributed by atoms with Gasteiger partial charge in [0.1, 0.15) is 6.61 Å². The third-order valence-corrected chi connectivity index (χ3v) is 3.12. The van der Waals surface area contributed by atoms with E-state index >= 15 is 0 Å². The van der Waals surface area contributed by atoms with E-state index in [1.807, 2.05) is 13.8 Å². The van der Waals surface area contributed by atoms with Crippen LogP contribution in [0.1, 0.15) is 33.1 Å². The standard InChI is InChI=1S/C16H29NO7.C2H6/c18-7-12-21-14-13-20-11-6-17-16(19)24-10-4-3-9-23-15-5-1-2-8-22-15;1-2/h3-4,15,18H,1-2,5-14H2,(H,17,19);1-2H3/b4-3+;. The van der Waals surface area contributed by atoms with Gasteiger partial charge in [0.25, 0.3) is 0 Å². The van der Waals surface area contributed by atoms with Crippen LogP contribution in [0, 0.1) is 0 Å². The Kier molecular flexibility index (Phi) is 19.2. The number of carbonyl (C=O) groups excluding carboxylic acids is 1. The molecule has 1 amide bonds. The summed E-state index contributed by atoms with van der Waals surface area (Å²) in [6.45, 7) is 7.29. The maximum absolute atomic E-state index is 11.4. The van der Waals surface area contributed by atoms with E-state index in [4.69, 9.17) is 28.8 Å². The molecule has 1 atom stereocenters. The summed E-state index contributed by atoms with van der Waals surface area (Å²) in [7, 11) is 0. The van der Waals surface area contributed by atoms with E-state index in [-0.39, 0.29) is 19.5 Å². The van der Waals surface area contributed by atoms with Crippen molar-refractivity contribution in [2.75, 3.05) is 59.4 Å². The number of carbonyl (C=O) groups is 1. The molecule has 1 rings (SSSR count). The number of aliphatic hydroxyl groups excluding tert-OH is 1. The maximum atomic E-state index is 11.4. The molecule has 8 heteroatoms. The van der Waals surface area contributed by atoms with Gasteiger partial charge in [-0.2, -0.15) is 0 Å². The predicted octanol–water partition coefficient (Wildman–Crippen LogP) is 1.86. The normalized spacial score (nSPS) is 16.8. The van der Waals surface area contributed by atoms with Crippen molar-refractivity contribution >= 4 is 6.09 Å². The van der Waals surface area contributed by atoms with Crippen molar-refractivity contribution in [1.29, 1.82) is 0 Å². The minimum absolute atomic E-state index is 0.00231. The molecule has 154 valence electrons. The van der Waals surface area contributed by atoms with Gasteiger partial charge in [0.2, 0.25) is 0 Å². The first-order chi connectivity index (χ1) is 12.8. The van der Waals surface area contributed by atoms with Crippen LogP contribution in [0.25, 0.3) is 0 Å². The molecule has 0 radical (unpaired) electrons. The Hall–Kier alpha value is -1.19. The zero-order chi connectivity index (χ0) is 19.3. The van der Waals surface area contributed by atoms with Crippen molar-refractivity contribution in [3.05, 3.63) is 12.2 Å². The minimum atomic E-state index is -0.490. The Labute approximate surface area is 156 Å². The van der Waals surface area contributed by atoms with Crippen molar-refractivity contribution < 1.29 is 33.6 Å². The van der Waals surface area contributed by atoms with E-state index in [1.54, 1.807) is 12.2 Å². The Morgan fingerprint density at radius 3 is 2.54 bits per heavy atom. The van der Waals surface area contributed by atoms with Crippen molar-refractivity contribution in [3.8, 4) is 0 Å². The van der Waals surface area contributed by atoms with Gasteiger partial charge in [0.05, 0.1) is 39.6 Å². The van der Waals surface area contributed by atoms with Gasteiger partial charge in [-0.3, -0.25) is 0 Å². The van der Waals surface area contributed by atoms with Gasteiger partial charge in [0, 0.05) is 13.2 Å². The summed E-state index contributed by atoms with van der Waals surface area (Å²) in [5, 5.41) is 11.1. The topological polar surface area (TPSA) is 95.5 Å². The van der Waals surface area contributed by atoms with Crippen LogP contribution >= 0.6 is 0 Å². The summed E-state index contributed by atoms with van der Waals surface area (Å²) >= 11 is 0. The largest absolute Gasteiger partial charge is 0.445 e. The van der Waals surface area contributed by atoms with E-state index in [9.17, 15) is 4.79 Å². The number of hydrogen-bond acceptors (Lipinski definition) is 7. The summed E-state index contributed by atoms with van der Waals surface area (Å²) in [6, 6.07) is 0. The van der Waals surface area contributed by atoms with Gasteiger partial charge < -0.3 is 34.1 Å². The van der Waals surface area contributed by atoms with Gasteiger partial charge in [-0.1, -0.05) is 19.9 Å². The Balaban J connectivity index is 0.00000301. The second-order valence-corrected chi connectivity index (χ2v) is 5.07. The average molecular weight is 377 g/mol. The van der Waals surface area contributed by atoms with E-state index in [2.05, 4.69) is 5.32 Å². The van der Waals surface area contributed by atoms with Crippen LogP contribution in [0.2, 0.25) is 0 Å². The Morgan fingerprint density at radius 2 is 1.85 bits per heavy atom. The summed E-state index contributed by atoms with van der Waals surface area (Å²) in [6.07, 6.45) is 6.11. The number of aliphatic hydroxyl groups is 1. The summed E-state index contributed by atoms with van der Waals surface area (Å²) in [4.78, 5) is 11.4. The highest BCUT2D eigenvalue weighted by Gasteiger charge is 2.12. The third kappa shape index (κ3) is 16.3. The smallest absolute Gasteiger partial charge is 0.407 e.